The minimum atomic E-state index is -0.274. The van der Waals surface area contributed by atoms with E-state index in [2.05, 4.69) is 0 Å². The Morgan fingerprint density at radius 1 is 1.00 bits per heavy atom. The molecule has 128 valence electrons. The molecule has 6 nitrogen and oxygen atoms in total. The van der Waals surface area contributed by atoms with Crippen molar-refractivity contribution in [1.29, 1.82) is 0 Å². The third-order valence-electron chi connectivity index (χ3n) is 3.10. The van der Waals surface area contributed by atoms with Crippen molar-refractivity contribution in [3.05, 3.63) is 24.3 Å². The fourth-order valence-electron chi connectivity index (χ4n) is 1.88. The first-order valence-corrected chi connectivity index (χ1v) is 7.70. The Kier molecular flexibility index (Phi) is 8.57. The van der Waals surface area contributed by atoms with E-state index >= 15 is 0 Å². The second-order valence-electron chi connectivity index (χ2n) is 5.15. The van der Waals surface area contributed by atoms with Crippen molar-refractivity contribution in [2.45, 2.75) is 26.7 Å². The Morgan fingerprint density at radius 3 is 2.35 bits per heavy atom. The van der Waals surface area contributed by atoms with Crippen molar-refractivity contribution in [2.24, 2.45) is 0 Å². The number of rotatable bonds is 10. The fraction of sp³-hybridized carbons (Fsp3) is 0.529. The summed E-state index contributed by atoms with van der Waals surface area (Å²) in [6.45, 7) is 4.77. The molecule has 1 rings (SSSR count). The van der Waals surface area contributed by atoms with E-state index in [4.69, 9.17) is 14.2 Å². The number of likely N-dealkylation sites (N-methyl/N-ethyl adjacent to an activating group) is 1. The van der Waals surface area contributed by atoms with Crippen LogP contribution in [0.5, 0.6) is 5.75 Å². The summed E-state index contributed by atoms with van der Waals surface area (Å²) in [5.41, 5.74) is 0.995. The lowest BCUT2D eigenvalue weighted by Gasteiger charge is -2.19. The molecule has 0 aliphatic heterocycles. The van der Waals surface area contributed by atoms with Crippen LogP contribution in [-0.4, -0.2) is 45.4 Å². The molecule has 0 heterocycles. The number of carbonyl (C=O) groups is 2. The predicted molar refractivity (Wildman–Crippen MR) is 87.7 cm³/mol. The largest absolute Gasteiger partial charge is 0.494 e. The molecule has 1 aromatic carbocycles. The van der Waals surface area contributed by atoms with Crippen LogP contribution in [0.4, 0.5) is 5.69 Å². The Balaban J connectivity index is 2.32. The summed E-state index contributed by atoms with van der Waals surface area (Å²) in [6, 6.07) is 7.74. The van der Waals surface area contributed by atoms with Crippen molar-refractivity contribution in [1.82, 2.24) is 0 Å². The Hall–Kier alpha value is -2.24. The van der Waals surface area contributed by atoms with Gasteiger partial charge in [-0.3, -0.25) is 9.59 Å². The van der Waals surface area contributed by atoms with E-state index in [1.807, 2.05) is 36.2 Å². The van der Waals surface area contributed by atoms with Gasteiger partial charge in [0.25, 0.3) is 0 Å². The van der Waals surface area contributed by atoms with Gasteiger partial charge in [-0.15, -0.1) is 0 Å². The highest BCUT2D eigenvalue weighted by atomic mass is 16.5. The fourth-order valence-corrected chi connectivity index (χ4v) is 1.88. The van der Waals surface area contributed by atoms with Gasteiger partial charge >= 0.3 is 11.9 Å². The van der Waals surface area contributed by atoms with Crippen molar-refractivity contribution in [3.63, 3.8) is 0 Å². The van der Waals surface area contributed by atoms with Gasteiger partial charge in [0.15, 0.2) is 0 Å². The Labute approximate surface area is 137 Å². The summed E-state index contributed by atoms with van der Waals surface area (Å²) < 4.78 is 15.5. The van der Waals surface area contributed by atoms with Crippen LogP contribution in [0.3, 0.4) is 0 Å². The zero-order valence-corrected chi connectivity index (χ0v) is 14.0. The van der Waals surface area contributed by atoms with Gasteiger partial charge in [0, 0.05) is 32.6 Å². The van der Waals surface area contributed by atoms with Crippen molar-refractivity contribution < 1.29 is 23.8 Å². The number of unbranched alkanes of at least 4 members (excludes halogenated alkanes) is 1. The van der Waals surface area contributed by atoms with E-state index in [1.165, 1.54) is 13.8 Å². The molecule has 0 bridgehead atoms. The minimum absolute atomic E-state index is 0.254. The predicted octanol–water partition coefficient (Wildman–Crippen LogP) is 2.41. The number of nitrogens with zero attached hydrogens (tertiary/aromatic N) is 1. The summed E-state index contributed by atoms with van der Waals surface area (Å²) in [5, 5.41) is 0. The second kappa shape index (κ2) is 10.5. The van der Waals surface area contributed by atoms with E-state index in [-0.39, 0.29) is 11.9 Å². The van der Waals surface area contributed by atoms with Gasteiger partial charge in [-0.1, -0.05) is 6.07 Å². The summed E-state index contributed by atoms with van der Waals surface area (Å²) >= 11 is 0. The van der Waals surface area contributed by atoms with Crippen molar-refractivity contribution >= 4 is 17.6 Å². The lowest BCUT2D eigenvalue weighted by Crippen LogP contribution is -2.23. The molecule has 6 heteroatoms. The van der Waals surface area contributed by atoms with Crippen molar-refractivity contribution in [2.75, 3.05) is 38.3 Å². The first-order chi connectivity index (χ1) is 11.0. The molecule has 23 heavy (non-hydrogen) atoms. The normalized spacial score (nSPS) is 10.0. The van der Waals surface area contributed by atoms with Gasteiger partial charge in [-0.2, -0.15) is 0 Å². The topological polar surface area (TPSA) is 65.1 Å². The smallest absolute Gasteiger partial charge is 0.302 e. The van der Waals surface area contributed by atoms with Crippen LogP contribution in [0.15, 0.2) is 24.3 Å². The lowest BCUT2D eigenvalue weighted by molar-refractivity contribution is -0.141. The number of carbonyl (C=O) groups excluding carboxylic acids is 2. The first-order valence-electron chi connectivity index (χ1n) is 7.70. The molecule has 0 fully saturated rings. The number of ether oxygens (including phenoxy) is 3. The van der Waals surface area contributed by atoms with Crippen LogP contribution >= 0.6 is 0 Å². The summed E-state index contributed by atoms with van der Waals surface area (Å²) in [7, 11) is 1.93. The molecule has 0 unspecified atom stereocenters. The second-order valence-corrected chi connectivity index (χ2v) is 5.15. The van der Waals surface area contributed by atoms with E-state index < -0.39 is 0 Å². The molecular weight excluding hydrogens is 298 g/mol. The van der Waals surface area contributed by atoms with E-state index in [0.29, 0.717) is 26.4 Å². The van der Waals surface area contributed by atoms with Crippen LogP contribution in [0.2, 0.25) is 0 Å². The molecule has 0 amide bonds. The monoisotopic (exact) mass is 323 g/mol. The quantitative estimate of drug-likeness (QED) is 0.487. The number of benzene rings is 1. The number of hydrogen-bond acceptors (Lipinski definition) is 6. The number of anilines is 1. The average Bonchev–Trinajstić information content (AvgIpc) is 2.50. The molecule has 1 aromatic rings. The third-order valence-corrected chi connectivity index (χ3v) is 3.10. The zero-order chi connectivity index (χ0) is 17.1. The number of esters is 2. The van der Waals surface area contributed by atoms with Crippen LogP contribution < -0.4 is 9.64 Å². The van der Waals surface area contributed by atoms with Crippen LogP contribution in [-0.2, 0) is 19.1 Å². The van der Waals surface area contributed by atoms with Crippen LogP contribution in [0.1, 0.15) is 26.7 Å². The van der Waals surface area contributed by atoms with Gasteiger partial charge < -0.3 is 19.1 Å². The summed E-state index contributed by atoms with van der Waals surface area (Å²) in [4.78, 5) is 23.4. The first kappa shape index (κ1) is 18.8. The van der Waals surface area contributed by atoms with Crippen LogP contribution in [0.25, 0.3) is 0 Å². The van der Waals surface area contributed by atoms with Gasteiger partial charge in [-0.25, -0.2) is 0 Å². The van der Waals surface area contributed by atoms with Crippen molar-refractivity contribution in [3.8, 4) is 5.75 Å². The lowest BCUT2D eigenvalue weighted by atomic mass is 10.2. The van der Waals surface area contributed by atoms with Gasteiger partial charge in [0.1, 0.15) is 12.4 Å². The molecule has 0 aromatic heterocycles. The molecule has 0 aliphatic rings. The SMILES string of the molecule is CC(=O)OCCCCOc1cccc(N(C)CCOC(C)=O)c1. The molecule has 0 spiro atoms. The highest BCUT2D eigenvalue weighted by Crippen LogP contribution is 2.20. The van der Waals surface area contributed by atoms with E-state index in [1.54, 1.807) is 0 Å². The van der Waals surface area contributed by atoms with E-state index in [9.17, 15) is 9.59 Å². The van der Waals surface area contributed by atoms with Gasteiger partial charge in [-0.05, 0) is 25.0 Å². The maximum absolute atomic E-state index is 10.8. The molecule has 0 N–H and O–H groups in total. The molecule has 0 saturated heterocycles. The molecule has 0 atom stereocenters. The highest BCUT2D eigenvalue weighted by Gasteiger charge is 2.04. The standard InChI is InChI=1S/C17H25NO5/c1-14(19)21-10-4-5-11-23-17-8-6-7-16(13-17)18(3)9-12-22-15(2)20/h6-8,13H,4-5,9-12H2,1-3H3. The maximum Gasteiger partial charge on any atom is 0.302 e. The summed E-state index contributed by atoms with van der Waals surface area (Å²) in [6.07, 6.45) is 1.60. The molecule has 0 aliphatic carbocycles. The Morgan fingerprint density at radius 2 is 1.65 bits per heavy atom. The average molecular weight is 323 g/mol. The maximum atomic E-state index is 10.8. The molecule has 0 radical (unpaired) electrons. The zero-order valence-electron chi connectivity index (χ0n) is 14.0. The molecular formula is C17H25NO5. The van der Waals surface area contributed by atoms with Gasteiger partial charge in [0.05, 0.1) is 19.8 Å². The third kappa shape index (κ3) is 8.70. The Bertz CT molecular complexity index is 504. The van der Waals surface area contributed by atoms with Gasteiger partial charge in [0.2, 0.25) is 0 Å². The number of hydrogen-bond donors (Lipinski definition) is 0. The highest BCUT2D eigenvalue weighted by molar-refractivity contribution is 5.66. The van der Waals surface area contributed by atoms with E-state index in [0.717, 1.165) is 24.3 Å². The minimum Gasteiger partial charge on any atom is -0.494 e. The summed E-state index contributed by atoms with van der Waals surface area (Å²) in [5.74, 6) is 0.258. The van der Waals surface area contributed by atoms with Crippen LogP contribution in [0, 0.1) is 0 Å². The molecule has 0 saturated carbocycles.